The zero-order valence-electron chi connectivity index (χ0n) is 10.6. The molecule has 0 aromatic carbocycles. The van der Waals surface area contributed by atoms with Crippen molar-refractivity contribution in [3.8, 4) is 0 Å². The van der Waals surface area contributed by atoms with Gasteiger partial charge in [-0.15, -0.1) is 0 Å². The number of carbonyl (C=O) groups excluding carboxylic acids is 1. The lowest BCUT2D eigenvalue weighted by molar-refractivity contribution is -0.124. The van der Waals surface area contributed by atoms with E-state index in [2.05, 4.69) is 5.32 Å². The molecule has 94 valence electrons. The molecule has 3 N–H and O–H groups in total. The second-order valence-electron chi connectivity index (χ2n) is 5.64. The molecule has 0 aliphatic carbocycles. The highest BCUT2D eigenvalue weighted by Gasteiger charge is 2.27. The second kappa shape index (κ2) is 5.92. The molecular weight excluding hydrogens is 220 g/mol. The summed E-state index contributed by atoms with van der Waals surface area (Å²) in [4.78, 5) is 11.8. The van der Waals surface area contributed by atoms with Crippen molar-refractivity contribution in [2.45, 2.75) is 39.7 Å². The van der Waals surface area contributed by atoms with Gasteiger partial charge in [-0.1, -0.05) is 20.8 Å². The molecule has 0 spiro atoms. The first-order valence-electron chi connectivity index (χ1n) is 6.02. The van der Waals surface area contributed by atoms with Gasteiger partial charge in [-0.3, -0.25) is 4.79 Å². The number of hydrogen-bond donors (Lipinski definition) is 2. The molecule has 0 bridgehead atoms. The molecule has 1 amide bonds. The van der Waals surface area contributed by atoms with Gasteiger partial charge in [0.25, 0.3) is 0 Å². The highest BCUT2D eigenvalue weighted by atomic mass is 32.2. The molecule has 0 aromatic rings. The van der Waals surface area contributed by atoms with Crippen LogP contribution in [0.4, 0.5) is 0 Å². The Morgan fingerprint density at radius 2 is 2.00 bits per heavy atom. The Hall–Kier alpha value is -0.220. The molecule has 0 radical (unpaired) electrons. The van der Waals surface area contributed by atoms with Crippen LogP contribution in [0.3, 0.4) is 0 Å². The van der Waals surface area contributed by atoms with Gasteiger partial charge in [0.2, 0.25) is 5.91 Å². The summed E-state index contributed by atoms with van der Waals surface area (Å²) in [5, 5.41) is 2.99. The van der Waals surface area contributed by atoms with E-state index in [1.807, 2.05) is 32.5 Å². The first kappa shape index (κ1) is 13.8. The molecule has 1 atom stereocenters. The molecule has 1 heterocycles. The van der Waals surface area contributed by atoms with Gasteiger partial charge in [0.15, 0.2) is 0 Å². The van der Waals surface area contributed by atoms with Gasteiger partial charge < -0.3 is 11.1 Å². The SMILES string of the molecule is CC(C)(C)[C@H](N)C(=O)NCC1CCSCC1. The van der Waals surface area contributed by atoms with Crippen LogP contribution in [0.5, 0.6) is 0 Å². The Kier molecular flexibility index (Phi) is 5.12. The summed E-state index contributed by atoms with van der Waals surface area (Å²) in [5.74, 6) is 3.10. The predicted octanol–water partition coefficient (Wildman–Crippen LogP) is 1.62. The van der Waals surface area contributed by atoms with E-state index in [9.17, 15) is 4.79 Å². The fourth-order valence-corrected chi connectivity index (χ4v) is 2.90. The Morgan fingerprint density at radius 1 is 1.44 bits per heavy atom. The molecule has 0 saturated carbocycles. The maximum Gasteiger partial charge on any atom is 0.237 e. The minimum absolute atomic E-state index is 0.00859. The normalized spacial score (nSPS) is 20.5. The number of thioether (sulfide) groups is 1. The van der Waals surface area contributed by atoms with Crippen LogP contribution in [0.25, 0.3) is 0 Å². The lowest BCUT2D eigenvalue weighted by Crippen LogP contribution is -2.49. The molecular formula is C12H24N2OS. The number of hydrogen-bond acceptors (Lipinski definition) is 3. The average molecular weight is 244 g/mol. The number of carbonyl (C=O) groups is 1. The van der Waals surface area contributed by atoms with Crippen LogP contribution in [0, 0.1) is 11.3 Å². The van der Waals surface area contributed by atoms with Gasteiger partial charge in [-0.2, -0.15) is 11.8 Å². The first-order chi connectivity index (χ1) is 7.41. The third kappa shape index (κ3) is 4.34. The highest BCUT2D eigenvalue weighted by Crippen LogP contribution is 2.22. The van der Waals surface area contributed by atoms with Crippen molar-refractivity contribution < 1.29 is 4.79 Å². The van der Waals surface area contributed by atoms with E-state index < -0.39 is 6.04 Å². The molecule has 4 heteroatoms. The van der Waals surface area contributed by atoms with Crippen molar-refractivity contribution in [2.75, 3.05) is 18.1 Å². The number of nitrogens with two attached hydrogens (primary N) is 1. The van der Waals surface area contributed by atoms with Gasteiger partial charge in [0.1, 0.15) is 0 Å². The fourth-order valence-electron chi connectivity index (χ4n) is 1.70. The van der Waals surface area contributed by atoms with Gasteiger partial charge in [0, 0.05) is 6.54 Å². The number of nitrogens with one attached hydrogen (secondary N) is 1. The molecule has 0 aromatic heterocycles. The van der Waals surface area contributed by atoms with Gasteiger partial charge in [-0.05, 0) is 35.7 Å². The molecule has 1 rings (SSSR count). The standard InChI is InChI=1S/C12H24N2OS/c1-12(2,3)10(13)11(15)14-8-9-4-6-16-7-5-9/h9-10H,4-8,13H2,1-3H3,(H,14,15)/t10-/m1/s1. The molecule has 1 aliphatic heterocycles. The van der Waals surface area contributed by atoms with Gasteiger partial charge >= 0.3 is 0 Å². The van der Waals surface area contributed by atoms with Crippen molar-refractivity contribution in [1.29, 1.82) is 0 Å². The summed E-state index contributed by atoms with van der Waals surface area (Å²) in [6.45, 7) is 6.78. The van der Waals surface area contributed by atoms with E-state index in [-0.39, 0.29) is 11.3 Å². The van der Waals surface area contributed by atoms with E-state index in [0.717, 1.165) is 6.54 Å². The van der Waals surface area contributed by atoms with E-state index in [4.69, 9.17) is 5.73 Å². The molecule has 16 heavy (non-hydrogen) atoms. The lowest BCUT2D eigenvalue weighted by Gasteiger charge is -2.27. The van der Waals surface area contributed by atoms with Crippen LogP contribution in [-0.2, 0) is 4.79 Å². The maximum atomic E-state index is 11.8. The van der Waals surface area contributed by atoms with E-state index in [0.29, 0.717) is 5.92 Å². The molecule has 1 saturated heterocycles. The molecule has 0 unspecified atom stereocenters. The summed E-state index contributed by atoms with van der Waals surface area (Å²) in [6, 6.07) is -0.412. The minimum Gasteiger partial charge on any atom is -0.354 e. The van der Waals surface area contributed by atoms with Crippen LogP contribution in [0.1, 0.15) is 33.6 Å². The smallest absolute Gasteiger partial charge is 0.237 e. The summed E-state index contributed by atoms with van der Waals surface area (Å²) in [5.41, 5.74) is 5.73. The third-order valence-electron chi connectivity index (χ3n) is 3.12. The van der Waals surface area contributed by atoms with Crippen molar-refractivity contribution >= 4 is 17.7 Å². The topological polar surface area (TPSA) is 55.1 Å². The largest absolute Gasteiger partial charge is 0.354 e. The lowest BCUT2D eigenvalue weighted by atomic mass is 9.87. The van der Waals surface area contributed by atoms with Crippen LogP contribution in [0.2, 0.25) is 0 Å². The van der Waals surface area contributed by atoms with Gasteiger partial charge in [0.05, 0.1) is 6.04 Å². The molecule has 1 fully saturated rings. The van der Waals surface area contributed by atoms with Crippen molar-refractivity contribution in [3.63, 3.8) is 0 Å². The highest BCUT2D eigenvalue weighted by molar-refractivity contribution is 7.99. The second-order valence-corrected chi connectivity index (χ2v) is 6.87. The zero-order chi connectivity index (χ0) is 12.2. The Bertz CT molecular complexity index is 232. The Balaban J connectivity index is 2.29. The predicted molar refractivity (Wildman–Crippen MR) is 70.5 cm³/mol. The van der Waals surface area contributed by atoms with Crippen LogP contribution < -0.4 is 11.1 Å². The zero-order valence-corrected chi connectivity index (χ0v) is 11.4. The Morgan fingerprint density at radius 3 is 2.50 bits per heavy atom. The van der Waals surface area contributed by atoms with Crippen LogP contribution in [0.15, 0.2) is 0 Å². The van der Waals surface area contributed by atoms with Crippen LogP contribution in [-0.4, -0.2) is 30.0 Å². The van der Waals surface area contributed by atoms with Gasteiger partial charge in [-0.25, -0.2) is 0 Å². The van der Waals surface area contributed by atoms with E-state index in [1.165, 1.54) is 24.3 Å². The number of rotatable bonds is 3. The minimum atomic E-state index is -0.412. The van der Waals surface area contributed by atoms with Crippen LogP contribution >= 0.6 is 11.8 Å². The molecule has 1 aliphatic rings. The quantitative estimate of drug-likeness (QED) is 0.793. The maximum absolute atomic E-state index is 11.8. The summed E-state index contributed by atoms with van der Waals surface area (Å²) in [7, 11) is 0. The monoisotopic (exact) mass is 244 g/mol. The van der Waals surface area contributed by atoms with Crippen molar-refractivity contribution in [1.82, 2.24) is 5.32 Å². The van der Waals surface area contributed by atoms with E-state index in [1.54, 1.807) is 0 Å². The van der Waals surface area contributed by atoms with Crippen molar-refractivity contribution in [2.24, 2.45) is 17.1 Å². The Labute approximate surface area is 103 Å². The van der Waals surface area contributed by atoms with Crippen molar-refractivity contribution in [3.05, 3.63) is 0 Å². The first-order valence-corrected chi connectivity index (χ1v) is 7.18. The molecule has 3 nitrogen and oxygen atoms in total. The van der Waals surface area contributed by atoms with E-state index >= 15 is 0 Å². The summed E-state index contributed by atoms with van der Waals surface area (Å²) < 4.78 is 0. The third-order valence-corrected chi connectivity index (χ3v) is 4.17. The fraction of sp³-hybridized carbons (Fsp3) is 0.917. The summed E-state index contributed by atoms with van der Waals surface area (Å²) in [6.07, 6.45) is 2.44. The average Bonchev–Trinajstić information content (AvgIpc) is 2.25. The number of amides is 1. The summed E-state index contributed by atoms with van der Waals surface area (Å²) >= 11 is 2.01.